The van der Waals surface area contributed by atoms with Gasteiger partial charge in [-0.25, -0.2) is 8.42 Å². The van der Waals surface area contributed by atoms with Crippen LogP contribution in [0.25, 0.3) is 0 Å². The van der Waals surface area contributed by atoms with Gasteiger partial charge in [-0.2, -0.15) is 4.31 Å². The maximum absolute atomic E-state index is 13.1. The zero-order valence-corrected chi connectivity index (χ0v) is 18.0. The minimum absolute atomic E-state index is 0.0124. The molecule has 1 amide bonds. The highest BCUT2D eigenvalue weighted by atomic mass is 35.5. The van der Waals surface area contributed by atoms with Crippen molar-refractivity contribution in [2.24, 2.45) is 0 Å². The largest absolute Gasteiger partial charge is 0.322 e. The second-order valence-corrected chi connectivity index (χ2v) is 9.84. The number of amides is 1. The smallest absolute Gasteiger partial charge is 0.255 e. The standard InChI is InChI=1S/C20H23ClN2O3S2/c1-27-17-8-6-7-16(14-17)22-20(24)15-9-10-18(21)19(13-15)28(25,26)23-11-4-2-3-5-12-23/h6-10,13-14H,2-5,11-12H2,1H3,(H,22,24). The summed E-state index contributed by atoms with van der Waals surface area (Å²) in [6.07, 6.45) is 5.68. The minimum atomic E-state index is -3.74. The third kappa shape index (κ3) is 4.89. The summed E-state index contributed by atoms with van der Waals surface area (Å²) in [6, 6.07) is 11.9. The van der Waals surface area contributed by atoms with E-state index in [9.17, 15) is 13.2 Å². The number of hydrogen-bond donors (Lipinski definition) is 1. The summed E-state index contributed by atoms with van der Waals surface area (Å²) in [5, 5.41) is 2.95. The fourth-order valence-corrected chi connectivity index (χ4v) is 5.64. The van der Waals surface area contributed by atoms with Crippen LogP contribution in [0.1, 0.15) is 36.0 Å². The monoisotopic (exact) mass is 438 g/mol. The molecular weight excluding hydrogens is 416 g/mol. The Morgan fingerprint density at radius 2 is 1.79 bits per heavy atom. The van der Waals surface area contributed by atoms with Crippen LogP contribution in [0, 0.1) is 0 Å². The molecule has 0 radical (unpaired) electrons. The van der Waals surface area contributed by atoms with Crippen molar-refractivity contribution in [2.75, 3.05) is 24.7 Å². The van der Waals surface area contributed by atoms with Crippen molar-refractivity contribution in [1.82, 2.24) is 4.31 Å². The fourth-order valence-electron chi connectivity index (χ4n) is 3.17. The molecule has 2 aromatic rings. The van der Waals surface area contributed by atoms with E-state index in [1.54, 1.807) is 17.8 Å². The maximum atomic E-state index is 13.1. The Morgan fingerprint density at radius 3 is 2.46 bits per heavy atom. The quantitative estimate of drug-likeness (QED) is 0.675. The number of thioether (sulfide) groups is 1. The molecule has 1 saturated heterocycles. The first-order valence-corrected chi connectivity index (χ1v) is 12.2. The molecular formula is C20H23ClN2O3S2. The van der Waals surface area contributed by atoms with Crippen LogP contribution in [0.3, 0.4) is 0 Å². The average Bonchev–Trinajstić information content (AvgIpc) is 2.98. The lowest BCUT2D eigenvalue weighted by Gasteiger charge is -2.21. The van der Waals surface area contributed by atoms with Crippen molar-refractivity contribution in [3.8, 4) is 0 Å². The lowest BCUT2D eigenvalue weighted by atomic mass is 10.2. The molecule has 8 heteroatoms. The number of nitrogens with zero attached hydrogens (tertiary/aromatic N) is 1. The van der Waals surface area contributed by atoms with Crippen LogP contribution in [0.2, 0.25) is 5.02 Å². The molecule has 3 rings (SSSR count). The predicted molar refractivity (Wildman–Crippen MR) is 115 cm³/mol. The molecule has 2 aromatic carbocycles. The van der Waals surface area contributed by atoms with Gasteiger partial charge < -0.3 is 5.32 Å². The van der Waals surface area contributed by atoms with Gasteiger partial charge in [0.1, 0.15) is 4.90 Å². The van der Waals surface area contributed by atoms with E-state index >= 15 is 0 Å². The minimum Gasteiger partial charge on any atom is -0.322 e. The van der Waals surface area contributed by atoms with Crippen molar-refractivity contribution in [1.29, 1.82) is 0 Å². The van der Waals surface area contributed by atoms with Crippen molar-refractivity contribution in [2.45, 2.75) is 35.5 Å². The summed E-state index contributed by atoms with van der Waals surface area (Å²) < 4.78 is 27.6. The Kier molecular flexibility index (Phi) is 7.04. The van der Waals surface area contributed by atoms with E-state index in [1.165, 1.54) is 22.5 Å². The molecule has 0 aromatic heterocycles. The third-order valence-corrected chi connectivity index (χ3v) is 7.81. The van der Waals surface area contributed by atoms with E-state index in [0.717, 1.165) is 30.6 Å². The van der Waals surface area contributed by atoms with Gasteiger partial charge in [0, 0.05) is 29.2 Å². The molecule has 28 heavy (non-hydrogen) atoms. The summed E-state index contributed by atoms with van der Waals surface area (Å²) in [6.45, 7) is 0.965. The van der Waals surface area contributed by atoms with Crippen LogP contribution in [0.5, 0.6) is 0 Å². The molecule has 0 atom stereocenters. The van der Waals surface area contributed by atoms with Crippen molar-refractivity contribution in [3.05, 3.63) is 53.1 Å². The molecule has 1 heterocycles. The molecule has 0 bridgehead atoms. The molecule has 5 nitrogen and oxygen atoms in total. The van der Waals surface area contributed by atoms with Crippen molar-refractivity contribution < 1.29 is 13.2 Å². The van der Waals surface area contributed by atoms with Gasteiger partial charge in [-0.05, 0) is 55.5 Å². The van der Waals surface area contributed by atoms with Gasteiger partial charge in [0.25, 0.3) is 5.91 Å². The number of hydrogen-bond acceptors (Lipinski definition) is 4. The Hall–Kier alpha value is -1.54. The highest BCUT2D eigenvalue weighted by Crippen LogP contribution is 2.28. The first kappa shape index (κ1) is 21.2. The van der Waals surface area contributed by atoms with Crippen molar-refractivity contribution in [3.63, 3.8) is 0 Å². The number of carbonyl (C=O) groups is 1. The predicted octanol–water partition coefficient (Wildman–Crippen LogP) is 4.88. The van der Waals surface area contributed by atoms with Crippen LogP contribution in [-0.4, -0.2) is 38.0 Å². The summed E-state index contributed by atoms with van der Waals surface area (Å²) in [7, 11) is -3.74. The lowest BCUT2D eigenvalue weighted by molar-refractivity contribution is 0.102. The Bertz CT molecular complexity index is 956. The maximum Gasteiger partial charge on any atom is 0.255 e. The molecule has 0 aliphatic carbocycles. The zero-order valence-electron chi connectivity index (χ0n) is 15.7. The van der Waals surface area contributed by atoms with E-state index in [2.05, 4.69) is 5.32 Å². The van der Waals surface area contributed by atoms with Gasteiger partial charge in [0.05, 0.1) is 5.02 Å². The summed E-state index contributed by atoms with van der Waals surface area (Å²) in [4.78, 5) is 13.7. The van der Waals surface area contributed by atoms with Gasteiger partial charge in [-0.3, -0.25) is 4.79 Å². The van der Waals surface area contributed by atoms with Crippen molar-refractivity contribution >= 4 is 45.0 Å². The summed E-state index contributed by atoms with van der Waals surface area (Å²) >= 11 is 7.78. The Labute approximate surface area is 175 Å². The first-order chi connectivity index (χ1) is 13.4. The number of anilines is 1. The van der Waals surface area contributed by atoms with E-state index in [0.29, 0.717) is 18.8 Å². The van der Waals surface area contributed by atoms with Crippen LogP contribution in [-0.2, 0) is 10.0 Å². The van der Waals surface area contributed by atoms with Gasteiger partial charge in [0.15, 0.2) is 0 Å². The number of nitrogens with one attached hydrogen (secondary N) is 1. The highest BCUT2D eigenvalue weighted by Gasteiger charge is 2.28. The fraction of sp³-hybridized carbons (Fsp3) is 0.350. The summed E-state index contributed by atoms with van der Waals surface area (Å²) in [5.74, 6) is -0.373. The average molecular weight is 439 g/mol. The van der Waals surface area contributed by atoms with Gasteiger partial charge in [-0.1, -0.05) is 30.5 Å². The third-order valence-electron chi connectivity index (χ3n) is 4.70. The Morgan fingerprint density at radius 1 is 1.07 bits per heavy atom. The van der Waals surface area contributed by atoms with E-state index in [4.69, 9.17) is 11.6 Å². The molecule has 1 aliphatic heterocycles. The van der Waals surface area contributed by atoms with Gasteiger partial charge >= 0.3 is 0 Å². The lowest BCUT2D eigenvalue weighted by Crippen LogP contribution is -2.32. The molecule has 0 unspecified atom stereocenters. The zero-order chi connectivity index (χ0) is 20.1. The Balaban J connectivity index is 1.86. The van der Waals surface area contributed by atoms with E-state index in [-0.39, 0.29) is 21.4 Å². The molecule has 0 spiro atoms. The number of rotatable bonds is 5. The number of sulfonamides is 1. The number of halogens is 1. The molecule has 150 valence electrons. The molecule has 1 fully saturated rings. The number of carbonyl (C=O) groups excluding carboxylic acids is 1. The van der Waals surface area contributed by atoms with Gasteiger partial charge in [-0.15, -0.1) is 11.8 Å². The van der Waals surface area contributed by atoms with Crippen LogP contribution < -0.4 is 5.32 Å². The second kappa shape index (κ2) is 9.31. The first-order valence-electron chi connectivity index (χ1n) is 9.17. The highest BCUT2D eigenvalue weighted by molar-refractivity contribution is 7.98. The normalized spacial score (nSPS) is 15.8. The van der Waals surface area contributed by atoms with Crippen LogP contribution in [0.4, 0.5) is 5.69 Å². The topological polar surface area (TPSA) is 66.5 Å². The molecule has 0 saturated carbocycles. The van der Waals surface area contributed by atoms with Crippen LogP contribution in [0.15, 0.2) is 52.3 Å². The second-order valence-electron chi connectivity index (χ2n) is 6.65. The van der Waals surface area contributed by atoms with Crippen LogP contribution >= 0.6 is 23.4 Å². The molecule has 1 N–H and O–H groups in total. The van der Waals surface area contributed by atoms with Gasteiger partial charge in [0.2, 0.25) is 10.0 Å². The van der Waals surface area contributed by atoms with E-state index in [1.807, 2.05) is 24.5 Å². The number of benzene rings is 2. The SMILES string of the molecule is CSc1cccc(NC(=O)c2ccc(Cl)c(S(=O)(=O)N3CCCCCC3)c2)c1. The van der Waals surface area contributed by atoms with E-state index < -0.39 is 10.0 Å². The molecule has 1 aliphatic rings. The summed E-state index contributed by atoms with van der Waals surface area (Å²) in [5.41, 5.74) is 0.913.